The van der Waals surface area contributed by atoms with Crippen LogP contribution in [0.15, 0.2) is 42.0 Å². The van der Waals surface area contributed by atoms with Crippen molar-refractivity contribution in [1.82, 2.24) is 15.0 Å². The van der Waals surface area contributed by atoms with Crippen LogP contribution in [0.3, 0.4) is 0 Å². The third-order valence-electron chi connectivity index (χ3n) is 2.18. The molecule has 1 atom stereocenters. The van der Waals surface area contributed by atoms with Gasteiger partial charge in [-0.15, -0.1) is 0 Å². The summed E-state index contributed by atoms with van der Waals surface area (Å²) in [7, 11) is 0. The van der Waals surface area contributed by atoms with Crippen molar-refractivity contribution in [1.29, 1.82) is 0 Å². The largest absolute Gasteiger partial charge is 0.406 e. The van der Waals surface area contributed by atoms with E-state index in [1.807, 2.05) is 0 Å². The normalized spacial score (nSPS) is 11.7. The van der Waals surface area contributed by atoms with Gasteiger partial charge in [0.1, 0.15) is 5.82 Å². The number of nitrogens with zero attached hydrogens (tertiary/aromatic N) is 3. The molecule has 0 aliphatic heterocycles. The first-order valence-electron chi connectivity index (χ1n) is 5.53. The Labute approximate surface area is 117 Å². The van der Waals surface area contributed by atoms with Gasteiger partial charge in [-0.05, 0) is 31.2 Å². The minimum atomic E-state index is -1.59. The molecule has 0 spiro atoms. The second-order valence-corrected chi connectivity index (χ2v) is 4.76. The van der Waals surface area contributed by atoms with Crippen LogP contribution < -0.4 is 5.32 Å². The molecule has 0 saturated heterocycles. The lowest BCUT2D eigenvalue weighted by Gasteiger charge is -2.06. The fourth-order valence-electron chi connectivity index (χ4n) is 1.40. The number of hydrogen-bond acceptors (Lipinski definition) is 6. The van der Waals surface area contributed by atoms with Crippen molar-refractivity contribution in [2.45, 2.75) is 11.8 Å². The summed E-state index contributed by atoms with van der Waals surface area (Å²) in [5.41, 5.74) is 0.620. The Morgan fingerprint density at radius 1 is 1.30 bits per heavy atom. The molecular weight excluding hydrogens is 283 g/mol. The average molecular weight is 294 g/mol. The minimum Gasteiger partial charge on any atom is -0.406 e. The van der Waals surface area contributed by atoms with Crippen LogP contribution in [0.2, 0.25) is 0 Å². The summed E-state index contributed by atoms with van der Waals surface area (Å²) in [6, 6.07) is 6.51. The maximum absolute atomic E-state index is 13.0. The van der Waals surface area contributed by atoms with E-state index in [1.54, 1.807) is 31.2 Å². The minimum absolute atomic E-state index is 0.103. The highest BCUT2D eigenvalue weighted by Gasteiger charge is 2.06. The van der Waals surface area contributed by atoms with E-state index >= 15 is 0 Å². The van der Waals surface area contributed by atoms with Crippen LogP contribution in [-0.4, -0.2) is 19.2 Å². The first-order valence-corrected chi connectivity index (χ1v) is 6.61. The highest BCUT2D eigenvalue weighted by Crippen LogP contribution is 2.16. The van der Waals surface area contributed by atoms with Gasteiger partial charge >= 0.3 is 6.08 Å². The smallest absolute Gasteiger partial charge is 0.313 e. The van der Waals surface area contributed by atoms with Crippen LogP contribution in [0.5, 0.6) is 0 Å². The molecule has 0 aliphatic carbocycles. The van der Waals surface area contributed by atoms with Crippen LogP contribution in [0.1, 0.15) is 5.82 Å². The molecule has 0 amide bonds. The summed E-state index contributed by atoms with van der Waals surface area (Å²) in [5, 5.41) is 2.82. The van der Waals surface area contributed by atoms with E-state index < -0.39 is 17.2 Å². The summed E-state index contributed by atoms with van der Waals surface area (Å²) in [5.74, 6) is 0.378. The van der Waals surface area contributed by atoms with Gasteiger partial charge in [-0.3, -0.25) is 0 Å². The van der Waals surface area contributed by atoms with Crippen LogP contribution in [0.4, 0.5) is 16.0 Å². The number of rotatable bonds is 5. The highest BCUT2D eigenvalue weighted by molar-refractivity contribution is 7.80. The molecule has 0 fully saturated rings. The summed E-state index contributed by atoms with van der Waals surface area (Å²) < 4.78 is 29.3. The van der Waals surface area contributed by atoms with Gasteiger partial charge in [-0.25, -0.2) is 4.21 Å². The Bertz CT molecular complexity index is 628. The average Bonchev–Trinajstić information content (AvgIpc) is 2.38. The van der Waals surface area contributed by atoms with E-state index in [0.717, 1.165) is 6.26 Å². The van der Waals surface area contributed by atoms with Crippen molar-refractivity contribution >= 4 is 22.7 Å². The molecule has 0 aliphatic rings. The van der Waals surface area contributed by atoms with Crippen LogP contribution >= 0.6 is 0 Å². The quantitative estimate of drug-likeness (QED) is 0.852. The third-order valence-corrected chi connectivity index (χ3v) is 3.15. The van der Waals surface area contributed by atoms with Crippen molar-refractivity contribution < 1.29 is 12.8 Å². The number of aromatic nitrogens is 3. The zero-order chi connectivity index (χ0) is 14.5. The van der Waals surface area contributed by atoms with E-state index in [-0.39, 0.29) is 11.8 Å². The predicted molar refractivity (Wildman–Crippen MR) is 71.9 cm³/mol. The number of benzene rings is 1. The molecule has 1 N–H and O–H groups in total. The lowest BCUT2D eigenvalue weighted by Crippen LogP contribution is -2.03. The number of halogens is 1. The first-order chi connectivity index (χ1) is 9.58. The molecule has 8 heteroatoms. The van der Waals surface area contributed by atoms with Gasteiger partial charge in [-0.1, -0.05) is 6.58 Å². The highest BCUT2D eigenvalue weighted by atomic mass is 32.2. The maximum atomic E-state index is 13.0. The third kappa shape index (κ3) is 3.58. The molecular formula is C12H11FN4O2S. The van der Waals surface area contributed by atoms with Gasteiger partial charge in [0.15, 0.2) is 0 Å². The Morgan fingerprint density at radius 2 is 2.00 bits per heavy atom. The zero-order valence-electron chi connectivity index (χ0n) is 10.5. The van der Waals surface area contributed by atoms with Crippen LogP contribution in [0.25, 0.3) is 0 Å². The lowest BCUT2D eigenvalue weighted by atomic mass is 10.3. The molecule has 1 unspecified atom stereocenters. The molecule has 2 rings (SSSR count). The molecule has 6 nitrogen and oxygen atoms in total. The summed E-state index contributed by atoms with van der Waals surface area (Å²) in [6.07, 6.45) is 0.260. The summed E-state index contributed by atoms with van der Waals surface area (Å²) in [4.78, 5) is 11.4. The van der Waals surface area contributed by atoms with Crippen molar-refractivity contribution in [2.75, 3.05) is 5.32 Å². The molecule has 0 radical (unpaired) electrons. The molecule has 1 aromatic heterocycles. The molecule has 20 heavy (non-hydrogen) atoms. The standard InChI is InChI=1S/C12H11FN4O2S/c1-3-19-20(18)10-6-4-9(5-7-10)16-12-15-8(2)14-11(13)17-12/h3-7H,1H2,2H3,(H,14,15,16,17). The molecule has 0 saturated carbocycles. The van der Waals surface area contributed by atoms with Crippen LogP contribution in [-0.2, 0) is 15.3 Å². The number of nitrogens with one attached hydrogen (secondary N) is 1. The van der Waals surface area contributed by atoms with E-state index in [4.69, 9.17) is 4.18 Å². The van der Waals surface area contributed by atoms with E-state index in [9.17, 15) is 8.60 Å². The van der Waals surface area contributed by atoms with Crippen LogP contribution in [0, 0.1) is 13.0 Å². The molecule has 0 bridgehead atoms. The second kappa shape index (κ2) is 6.20. The lowest BCUT2D eigenvalue weighted by molar-refractivity contribution is 0.507. The fourth-order valence-corrected chi connectivity index (χ4v) is 1.99. The fraction of sp³-hybridized carbons (Fsp3) is 0.0833. The summed E-state index contributed by atoms with van der Waals surface area (Å²) >= 11 is -1.59. The number of hydrogen-bond donors (Lipinski definition) is 1. The molecule has 1 aromatic carbocycles. The topological polar surface area (TPSA) is 77.0 Å². The Hall–Kier alpha value is -2.35. The van der Waals surface area contributed by atoms with Crippen molar-refractivity contribution in [3.63, 3.8) is 0 Å². The zero-order valence-corrected chi connectivity index (χ0v) is 11.4. The molecule has 2 aromatic rings. The van der Waals surface area contributed by atoms with Gasteiger partial charge in [0, 0.05) is 5.69 Å². The maximum Gasteiger partial charge on any atom is 0.313 e. The van der Waals surface area contributed by atoms with Gasteiger partial charge in [0.05, 0.1) is 11.2 Å². The number of aryl methyl sites for hydroxylation is 1. The SMILES string of the molecule is C=COS(=O)c1ccc(Nc2nc(C)nc(F)n2)cc1. The van der Waals surface area contributed by atoms with Gasteiger partial charge in [-0.2, -0.15) is 19.3 Å². The van der Waals surface area contributed by atoms with Gasteiger partial charge in [0.25, 0.3) is 0 Å². The van der Waals surface area contributed by atoms with Gasteiger partial charge < -0.3 is 9.50 Å². The van der Waals surface area contributed by atoms with E-state index in [1.165, 1.54) is 0 Å². The number of anilines is 2. The Morgan fingerprint density at radius 3 is 2.60 bits per heavy atom. The van der Waals surface area contributed by atoms with E-state index in [2.05, 4.69) is 26.8 Å². The summed E-state index contributed by atoms with van der Waals surface area (Å²) in [6.45, 7) is 4.89. The first kappa shape index (κ1) is 14.1. The van der Waals surface area contributed by atoms with Gasteiger partial charge in [0.2, 0.25) is 17.0 Å². The Kier molecular flexibility index (Phi) is 4.36. The van der Waals surface area contributed by atoms with Crippen molar-refractivity contribution in [3.05, 3.63) is 49.0 Å². The monoisotopic (exact) mass is 294 g/mol. The second-order valence-electron chi connectivity index (χ2n) is 3.62. The predicted octanol–water partition coefficient (Wildman–Crippen LogP) is 2.25. The molecule has 104 valence electrons. The van der Waals surface area contributed by atoms with E-state index in [0.29, 0.717) is 10.6 Å². The molecule has 1 heterocycles. The van der Waals surface area contributed by atoms with Crippen molar-refractivity contribution in [3.8, 4) is 0 Å². The van der Waals surface area contributed by atoms with Crippen molar-refractivity contribution in [2.24, 2.45) is 0 Å². The Balaban J connectivity index is 2.14.